The van der Waals surface area contributed by atoms with Crippen LogP contribution in [0.15, 0.2) is 18.2 Å². The normalized spacial score (nSPS) is 21.1. The molecule has 1 saturated carbocycles. The van der Waals surface area contributed by atoms with Crippen molar-refractivity contribution in [1.82, 2.24) is 5.32 Å². The number of alkyl halides is 2. The maximum absolute atomic E-state index is 12.3. The Hall–Kier alpha value is -1.36. The minimum Gasteiger partial charge on any atom is -0.493 e. The van der Waals surface area contributed by atoms with E-state index in [2.05, 4.69) is 17.0 Å². The predicted molar refractivity (Wildman–Crippen MR) is 73.3 cm³/mol. The first kappa shape index (κ1) is 15.0. The van der Waals surface area contributed by atoms with Gasteiger partial charge in [-0.05, 0) is 36.5 Å². The minimum atomic E-state index is -2.84. The summed E-state index contributed by atoms with van der Waals surface area (Å²) in [5.74, 6) is 1.18. The van der Waals surface area contributed by atoms with Crippen LogP contribution in [0.25, 0.3) is 0 Å². The van der Waals surface area contributed by atoms with Crippen LogP contribution < -0.4 is 14.8 Å². The lowest BCUT2D eigenvalue weighted by Gasteiger charge is -2.12. The third-order valence-corrected chi connectivity index (χ3v) is 3.59. The van der Waals surface area contributed by atoms with Gasteiger partial charge in [0.25, 0.3) is 0 Å². The van der Waals surface area contributed by atoms with E-state index in [4.69, 9.17) is 4.74 Å². The van der Waals surface area contributed by atoms with Crippen LogP contribution >= 0.6 is 0 Å². The van der Waals surface area contributed by atoms with E-state index in [1.807, 2.05) is 6.07 Å². The SMILES string of the molecule is CCCC1CC1NCc1ccc(OC)c(OC(F)F)c1. The summed E-state index contributed by atoms with van der Waals surface area (Å²) in [5.41, 5.74) is 0.920. The van der Waals surface area contributed by atoms with Crippen molar-refractivity contribution in [2.75, 3.05) is 7.11 Å². The summed E-state index contributed by atoms with van der Waals surface area (Å²) in [4.78, 5) is 0. The molecule has 0 saturated heterocycles. The number of halogens is 2. The Morgan fingerprint density at radius 3 is 2.80 bits per heavy atom. The van der Waals surface area contributed by atoms with Crippen LogP contribution in [-0.2, 0) is 6.54 Å². The molecule has 2 atom stereocenters. The smallest absolute Gasteiger partial charge is 0.387 e. The lowest BCUT2D eigenvalue weighted by Crippen LogP contribution is -2.17. The zero-order valence-corrected chi connectivity index (χ0v) is 11.9. The van der Waals surface area contributed by atoms with Gasteiger partial charge in [0.1, 0.15) is 0 Å². The van der Waals surface area contributed by atoms with Crippen molar-refractivity contribution in [2.24, 2.45) is 5.92 Å². The fourth-order valence-electron chi connectivity index (χ4n) is 2.46. The van der Waals surface area contributed by atoms with E-state index in [-0.39, 0.29) is 5.75 Å². The second-order valence-electron chi connectivity index (χ2n) is 5.14. The molecule has 0 heterocycles. The van der Waals surface area contributed by atoms with Crippen molar-refractivity contribution in [1.29, 1.82) is 0 Å². The zero-order valence-electron chi connectivity index (χ0n) is 11.9. The molecule has 1 N–H and O–H groups in total. The Morgan fingerprint density at radius 2 is 2.15 bits per heavy atom. The first-order valence-corrected chi connectivity index (χ1v) is 6.99. The summed E-state index contributed by atoms with van der Waals surface area (Å²) < 4.78 is 34.2. The van der Waals surface area contributed by atoms with Crippen molar-refractivity contribution < 1.29 is 18.3 Å². The van der Waals surface area contributed by atoms with Gasteiger partial charge >= 0.3 is 6.61 Å². The van der Waals surface area contributed by atoms with Crippen molar-refractivity contribution in [2.45, 2.75) is 45.4 Å². The number of nitrogens with one attached hydrogen (secondary N) is 1. The monoisotopic (exact) mass is 285 g/mol. The maximum Gasteiger partial charge on any atom is 0.387 e. The standard InChI is InChI=1S/C15H21F2NO2/c1-3-4-11-8-12(11)18-9-10-5-6-13(19-2)14(7-10)20-15(16)17/h5-7,11-12,15,18H,3-4,8-9H2,1-2H3. The van der Waals surface area contributed by atoms with Gasteiger partial charge in [-0.25, -0.2) is 0 Å². The van der Waals surface area contributed by atoms with Crippen LogP contribution in [0.3, 0.4) is 0 Å². The lowest BCUT2D eigenvalue weighted by molar-refractivity contribution is -0.0512. The number of methoxy groups -OCH3 is 1. The molecule has 0 radical (unpaired) electrons. The molecular weight excluding hydrogens is 264 g/mol. The molecule has 2 rings (SSSR count). The van der Waals surface area contributed by atoms with E-state index in [9.17, 15) is 8.78 Å². The van der Waals surface area contributed by atoms with E-state index in [1.165, 1.54) is 26.4 Å². The molecule has 1 aromatic rings. The van der Waals surface area contributed by atoms with E-state index in [0.717, 1.165) is 11.5 Å². The van der Waals surface area contributed by atoms with Crippen molar-refractivity contribution in [3.63, 3.8) is 0 Å². The van der Waals surface area contributed by atoms with Crippen LogP contribution in [-0.4, -0.2) is 19.8 Å². The first-order chi connectivity index (χ1) is 9.63. The van der Waals surface area contributed by atoms with Gasteiger partial charge in [0, 0.05) is 12.6 Å². The Labute approximate surface area is 118 Å². The van der Waals surface area contributed by atoms with Crippen LogP contribution in [0.1, 0.15) is 31.7 Å². The lowest BCUT2D eigenvalue weighted by atomic mass is 10.2. The molecular formula is C15H21F2NO2. The summed E-state index contributed by atoms with van der Waals surface area (Å²) >= 11 is 0. The number of rotatable bonds is 8. The highest BCUT2D eigenvalue weighted by Gasteiger charge is 2.35. The van der Waals surface area contributed by atoms with Crippen LogP contribution in [0.2, 0.25) is 0 Å². The Balaban J connectivity index is 1.91. The van der Waals surface area contributed by atoms with E-state index in [1.54, 1.807) is 12.1 Å². The second-order valence-corrected chi connectivity index (χ2v) is 5.14. The van der Waals surface area contributed by atoms with E-state index < -0.39 is 6.61 Å². The summed E-state index contributed by atoms with van der Waals surface area (Å²) in [6.07, 6.45) is 3.67. The number of hydrogen-bond donors (Lipinski definition) is 1. The highest BCUT2D eigenvalue weighted by Crippen LogP contribution is 2.35. The van der Waals surface area contributed by atoms with Gasteiger partial charge in [0.05, 0.1) is 7.11 Å². The van der Waals surface area contributed by atoms with E-state index in [0.29, 0.717) is 18.3 Å². The molecule has 3 nitrogen and oxygen atoms in total. The molecule has 1 fully saturated rings. The number of ether oxygens (including phenoxy) is 2. The summed E-state index contributed by atoms with van der Waals surface area (Å²) in [6, 6.07) is 5.69. The zero-order chi connectivity index (χ0) is 14.5. The molecule has 1 aliphatic carbocycles. The van der Waals surface area contributed by atoms with Gasteiger partial charge in [-0.3, -0.25) is 0 Å². The maximum atomic E-state index is 12.3. The topological polar surface area (TPSA) is 30.5 Å². The fourth-order valence-corrected chi connectivity index (χ4v) is 2.46. The molecule has 0 aromatic heterocycles. The van der Waals surface area contributed by atoms with Crippen LogP contribution in [0.4, 0.5) is 8.78 Å². The Bertz CT molecular complexity index is 440. The van der Waals surface area contributed by atoms with Crippen LogP contribution in [0, 0.1) is 5.92 Å². The van der Waals surface area contributed by atoms with Gasteiger partial charge < -0.3 is 14.8 Å². The quantitative estimate of drug-likeness (QED) is 0.792. The third kappa shape index (κ3) is 4.07. The highest BCUT2D eigenvalue weighted by atomic mass is 19.3. The number of hydrogen-bond acceptors (Lipinski definition) is 3. The Kier molecular flexibility index (Phi) is 5.17. The average Bonchev–Trinajstić information content (AvgIpc) is 3.15. The minimum absolute atomic E-state index is 0.0858. The summed E-state index contributed by atoms with van der Waals surface area (Å²) in [6.45, 7) is 0.00542. The van der Waals surface area contributed by atoms with Gasteiger partial charge in [0.2, 0.25) is 0 Å². The van der Waals surface area contributed by atoms with Crippen molar-refractivity contribution in [3.8, 4) is 11.5 Å². The van der Waals surface area contributed by atoms with Crippen LogP contribution in [0.5, 0.6) is 11.5 Å². The van der Waals surface area contributed by atoms with Gasteiger partial charge in [-0.15, -0.1) is 0 Å². The fraction of sp³-hybridized carbons (Fsp3) is 0.600. The molecule has 0 spiro atoms. The van der Waals surface area contributed by atoms with Gasteiger partial charge in [-0.1, -0.05) is 19.4 Å². The Morgan fingerprint density at radius 1 is 1.35 bits per heavy atom. The van der Waals surface area contributed by atoms with Gasteiger partial charge in [-0.2, -0.15) is 8.78 Å². The molecule has 5 heteroatoms. The third-order valence-electron chi connectivity index (χ3n) is 3.59. The molecule has 20 heavy (non-hydrogen) atoms. The largest absolute Gasteiger partial charge is 0.493 e. The molecule has 0 amide bonds. The molecule has 0 bridgehead atoms. The average molecular weight is 285 g/mol. The molecule has 1 aliphatic rings. The molecule has 1 aromatic carbocycles. The highest BCUT2D eigenvalue weighted by molar-refractivity contribution is 5.43. The van der Waals surface area contributed by atoms with Gasteiger partial charge in [0.15, 0.2) is 11.5 Å². The molecule has 0 aliphatic heterocycles. The number of benzene rings is 1. The summed E-state index contributed by atoms with van der Waals surface area (Å²) in [7, 11) is 1.44. The predicted octanol–water partition coefficient (Wildman–Crippen LogP) is 3.57. The molecule has 112 valence electrons. The van der Waals surface area contributed by atoms with Crippen molar-refractivity contribution in [3.05, 3.63) is 23.8 Å². The summed E-state index contributed by atoms with van der Waals surface area (Å²) in [5, 5.41) is 3.44. The van der Waals surface area contributed by atoms with Crippen molar-refractivity contribution >= 4 is 0 Å². The first-order valence-electron chi connectivity index (χ1n) is 6.99. The second kappa shape index (κ2) is 6.88. The van der Waals surface area contributed by atoms with E-state index >= 15 is 0 Å². The molecule has 2 unspecified atom stereocenters.